The summed E-state index contributed by atoms with van der Waals surface area (Å²) in [5, 5.41) is 3.12. The predicted molar refractivity (Wildman–Crippen MR) is 75.0 cm³/mol. The van der Waals surface area contributed by atoms with Crippen molar-refractivity contribution in [1.82, 2.24) is 5.32 Å². The maximum absolute atomic E-state index is 12.4. The zero-order valence-corrected chi connectivity index (χ0v) is 12.6. The molecule has 1 aromatic rings. The third kappa shape index (κ3) is 1.98. The molecule has 1 aliphatic rings. The molecule has 3 N–H and O–H groups in total. The Morgan fingerprint density at radius 3 is 2.21 bits per heavy atom. The number of carbonyl (C=O) groups is 1. The molecule has 19 heavy (non-hydrogen) atoms. The van der Waals surface area contributed by atoms with Crippen molar-refractivity contribution < 1.29 is 9.21 Å². The van der Waals surface area contributed by atoms with Crippen LogP contribution < -0.4 is 11.1 Å². The number of nitrogens with one attached hydrogen (secondary N) is 1. The van der Waals surface area contributed by atoms with Crippen LogP contribution in [-0.4, -0.2) is 18.0 Å². The topological polar surface area (TPSA) is 68.3 Å². The van der Waals surface area contributed by atoms with Gasteiger partial charge < -0.3 is 15.5 Å². The van der Waals surface area contributed by atoms with Crippen LogP contribution in [0.1, 0.15) is 49.6 Å². The van der Waals surface area contributed by atoms with Gasteiger partial charge in [0.1, 0.15) is 11.5 Å². The second-order valence-corrected chi connectivity index (χ2v) is 6.85. The number of furan rings is 1. The van der Waals surface area contributed by atoms with Gasteiger partial charge in [-0.1, -0.05) is 27.7 Å². The molecule has 1 amide bonds. The van der Waals surface area contributed by atoms with Crippen LogP contribution in [0.15, 0.2) is 10.5 Å². The highest BCUT2D eigenvalue weighted by Crippen LogP contribution is 2.52. The van der Waals surface area contributed by atoms with E-state index in [1.54, 1.807) is 6.07 Å². The number of hydrogen-bond acceptors (Lipinski definition) is 3. The van der Waals surface area contributed by atoms with Crippen LogP contribution in [0.3, 0.4) is 0 Å². The fourth-order valence-electron chi connectivity index (χ4n) is 3.62. The molecule has 0 aliphatic heterocycles. The summed E-state index contributed by atoms with van der Waals surface area (Å²) in [6, 6.07) is 1.93. The lowest BCUT2D eigenvalue weighted by atomic mass is 9.48. The Morgan fingerprint density at radius 1 is 1.26 bits per heavy atom. The average Bonchev–Trinajstić information content (AvgIpc) is 2.63. The van der Waals surface area contributed by atoms with Crippen molar-refractivity contribution in [3.63, 3.8) is 0 Å². The highest BCUT2D eigenvalue weighted by atomic mass is 16.3. The predicted octanol–water partition coefficient (Wildman–Crippen LogP) is 2.39. The minimum absolute atomic E-state index is 0.0668. The molecular formula is C15H24N2O2. The molecular weight excluding hydrogens is 240 g/mol. The van der Waals surface area contributed by atoms with E-state index in [9.17, 15) is 4.79 Å². The van der Waals surface area contributed by atoms with Crippen molar-refractivity contribution in [1.29, 1.82) is 0 Å². The summed E-state index contributed by atoms with van der Waals surface area (Å²) in [6.45, 7) is 12.0. The third-order valence-corrected chi connectivity index (χ3v) is 4.65. The first kappa shape index (κ1) is 14.1. The fraction of sp³-hybridized carbons (Fsp3) is 0.667. The van der Waals surface area contributed by atoms with E-state index in [2.05, 4.69) is 33.0 Å². The number of amides is 1. The largest absolute Gasteiger partial charge is 0.466 e. The van der Waals surface area contributed by atoms with E-state index in [-0.39, 0.29) is 28.8 Å². The van der Waals surface area contributed by atoms with Crippen LogP contribution in [0.2, 0.25) is 0 Å². The lowest BCUT2D eigenvalue weighted by Crippen LogP contribution is -2.76. The Kier molecular flexibility index (Phi) is 3.05. The summed E-state index contributed by atoms with van der Waals surface area (Å²) >= 11 is 0. The first-order valence-corrected chi connectivity index (χ1v) is 6.72. The molecule has 0 atom stereocenters. The molecule has 0 unspecified atom stereocenters. The summed E-state index contributed by atoms with van der Waals surface area (Å²) in [6.07, 6.45) is 0. The second kappa shape index (κ2) is 4.10. The van der Waals surface area contributed by atoms with E-state index in [4.69, 9.17) is 10.2 Å². The molecule has 1 aliphatic carbocycles. The van der Waals surface area contributed by atoms with Crippen LogP contribution in [0.4, 0.5) is 0 Å². The molecule has 2 rings (SSSR count). The first-order chi connectivity index (χ1) is 8.58. The van der Waals surface area contributed by atoms with Gasteiger partial charge in [0.2, 0.25) is 0 Å². The van der Waals surface area contributed by atoms with Crippen LogP contribution in [0, 0.1) is 24.7 Å². The van der Waals surface area contributed by atoms with Gasteiger partial charge in [0.05, 0.1) is 5.56 Å². The summed E-state index contributed by atoms with van der Waals surface area (Å²) < 4.78 is 5.41. The molecule has 106 valence electrons. The standard InChI is InChI=1S/C15H24N2O2/c1-8-7-10(9(2)19-8)11(18)17-13-14(3,4)12(16)15(13,5)6/h7,12-13H,16H2,1-6H3,(H,17,18). The van der Waals surface area contributed by atoms with Gasteiger partial charge in [0, 0.05) is 22.9 Å². The van der Waals surface area contributed by atoms with E-state index in [1.807, 2.05) is 13.8 Å². The molecule has 1 aromatic heterocycles. The molecule has 0 radical (unpaired) electrons. The molecule has 1 saturated carbocycles. The van der Waals surface area contributed by atoms with E-state index in [0.717, 1.165) is 5.76 Å². The van der Waals surface area contributed by atoms with Gasteiger partial charge in [0.25, 0.3) is 5.91 Å². The quantitative estimate of drug-likeness (QED) is 0.861. The van der Waals surface area contributed by atoms with Crippen molar-refractivity contribution >= 4 is 5.91 Å². The highest BCUT2D eigenvalue weighted by molar-refractivity contribution is 5.95. The van der Waals surface area contributed by atoms with Crippen LogP contribution in [0.5, 0.6) is 0 Å². The van der Waals surface area contributed by atoms with Gasteiger partial charge in [-0.25, -0.2) is 0 Å². The second-order valence-electron chi connectivity index (χ2n) is 6.85. The minimum atomic E-state index is -0.0914. The molecule has 4 nitrogen and oxygen atoms in total. The van der Waals surface area contributed by atoms with Crippen LogP contribution in [0.25, 0.3) is 0 Å². The van der Waals surface area contributed by atoms with Gasteiger partial charge in [-0.05, 0) is 19.9 Å². The average molecular weight is 264 g/mol. The van der Waals surface area contributed by atoms with E-state index < -0.39 is 0 Å². The van der Waals surface area contributed by atoms with Gasteiger partial charge in [-0.3, -0.25) is 4.79 Å². The van der Waals surface area contributed by atoms with Gasteiger partial charge in [-0.15, -0.1) is 0 Å². The monoisotopic (exact) mass is 264 g/mol. The molecule has 0 saturated heterocycles. The van der Waals surface area contributed by atoms with E-state index in [1.165, 1.54) is 0 Å². The van der Waals surface area contributed by atoms with Crippen molar-refractivity contribution in [3.05, 3.63) is 23.2 Å². The Bertz CT molecular complexity index is 498. The summed E-state index contributed by atoms with van der Waals surface area (Å²) in [5.41, 5.74) is 6.64. The van der Waals surface area contributed by atoms with Crippen LogP contribution in [-0.2, 0) is 0 Å². The lowest BCUT2D eigenvalue weighted by Gasteiger charge is -2.62. The molecule has 0 aromatic carbocycles. The Balaban J connectivity index is 2.18. The SMILES string of the molecule is Cc1cc(C(=O)NC2C(C)(C)C(N)C2(C)C)c(C)o1. The summed E-state index contributed by atoms with van der Waals surface area (Å²) in [7, 11) is 0. The molecule has 0 spiro atoms. The van der Waals surface area contributed by atoms with Gasteiger partial charge >= 0.3 is 0 Å². The van der Waals surface area contributed by atoms with Gasteiger partial charge in [0.15, 0.2) is 0 Å². The van der Waals surface area contributed by atoms with Crippen molar-refractivity contribution in [2.75, 3.05) is 0 Å². The minimum Gasteiger partial charge on any atom is -0.466 e. The normalized spacial score (nSPS) is 27.7. The van der Waals surface area contributed by atoms with Crippen molar-refractivity contribution in [3.8, 4) is 0 Å². The number of carbonyl (C=O) groups excluding carboxylic acids is 1. The fourth-order valence-corrected chi connectivity index (χ4v) is 3.62. The number of rotatable bonds is 2. The number of aryl methyl sites for hydroxylation is 2. The maximum atomic E-state index is 12.4. The smallest absolute Gasteiger partial charge is 0.255 e. The van der Waals surface area contributed by atoms with E-state index in [0.29, 0.717) is 11.3 Å². The molecule has 0 bridgehead atoms. The third-order valence-electron chi connectivity index (χ3n) is 4.65. The Morgan fingerprint density at radius 2 is 1.79 bits per heavy atom. The lowest BCUT2D eigenvalue weighted by molar-refractivity contribution is -0.0663. The maximum Gasteiger partial charge on any atom is 0.255 e. The van der Waals surface area contributed by atoms with Gasteiger partial charge in [-0.2, -0.15) is 0 Å². The van der Waals surface area contributed by atoms with Crippen molar-refractivity contribution in [2.45, 2.75) is 53.6 Å². The van der Waals surface area contributed by atoms with Crippen LogP contribution >= 0.6 is 0 Å². The van der Waals surface area contributed by atoms with Crippen molar-refractivity contribution in [2.24, 2.45) is 16.6 Å². The van der Waals surface area contributed by atoms with E-state index >= 15 is 0 Å². The molecule has 1 fully saturated rings. The Hall–Kier alpha value is -1.29. The Labute approximate surface area is 114 Å². The molecule has 1 heterocycles. The number of hydrogen-bond donors (Lipinski definition) is 2. The summed E-state index contributed by atoms with van der Waals surface area (Å²) in [4.78, 5) is 12.4. The highest BCUT2D eigenvalue weighted by Gasteiger charge is 2.60. The number of nitrogens with two attached hydrogens (primary N) is 1. The zero-order chi connectivity index (χ0) is 14.6. The zero-order valence-electron chi connectivity index (χ0n) is 12.6. The first-order valence-electron chi connectivity index (χ1n) is 6.72. The molecule has 4 heteroatoms. The summed E-state index contributed by atoms with van der Waals surface area (Å²) in [5.74, 6) is 1.34.